The van der Waals surface area contributed by atoms with Crippen LogP contribution in [0.3, 0.4) is 0 Å². The summed E-state index contributed by atoms with van der Waals surface area (Å²) in [5.74, 6) is 0.794. The zero-order valence-electron chi connectivity index (χ0n) is 16.7. The van der Waals surface area contributed by atoms with E-state index in [-0.39, 0.29) is 11.4 Å². The fourth-order valence-corrected chi connectivity index (χ4v) is 2.97. The van der Waals surface area contributed by atoms with Gasteiger partial charge in [-0.3, -0.25) is 4.79 Å². The molecule has 0 bridgehead atoms. The van der Waals surface area contributed by atoms with Crippen LogP contribution in [0.2, 0.25) is 0 Å². The topological polar surface area (TPSA) is 131 Å². The Morgan fingerprint density at radius 1 is 1.17 bits per heavy atom. The number of ether oxygens (including phenoxy) is 2. The molecule has 0 unspecified atom stereocenters. The molecule has 0 aliphatic carbocycles. The lowest BCUT2D eigenvalue weighted by Gasteiger charge is -2.14. The van der Waals surface area contributed by atoms with Crippen LogP contribution in [-0.4, -0.2) is 46.0 Å². The van der Waals surface area contributed by atoms with Crippen LogP contribution in [0.15, 0.2) is 30.7 Å². The molecule has 0 aliphatic rings. The standard InChI is InChI=1S/C20H24N6O3/c1-12-7-14(8-13(2)17(12)29-6-4-5-28-3)16-10-23-18(21)20(25-16)26-11-15(9-24-26)19(22)27/h7-11H,4-6H2,1-3H3,(H2,21,23)(H2,22,27). The van der Waals surface area contributed by atoms with Gasteiger partial charge < -0.3 is 20.9 Å². The van der Waals surface area contributed by atoms with Gasteiger partial charge >= 0.3 is 0 Å². The minimum Gasteiger partial charge on any atom is -0.493 e. The van der Waals surface area contributed by atoms with Crippen molar-refractivity contribution in [3.63, 3.8) is 0 Å². The maximum atomic E-state index is 11.3. The Kier molecular flexibility index (Phi) is 6.08. The average molecular weight is 396 g/mol. The molecule has 4 N–H and O–H groups in total. The Morgan fingerprint density at radius 3 is 2.52 bits per heavy atom. The molecule has 0 atom stereocenters. The Balaban J connectivity index is 1.91. The molecule has 9 nitrogen and oxygen atoms in total. The zero-order valence-corrected chi connectivity index (χ0v) is 16.7. The molecule has 29 heavy (non-hydrogen) atoms. The van der Waals surface area contributed by atoms with Gasteiger partial charge in [-0.25, -0.2) is 14.6 Å². The summed E-state index contributed by atoms with van der Waals surface area (Å²) in [5, 5.41) is 4.10. The Hall–Kier alpha value is -3.46. The summed E-state index contributed by atoms with van der Waals surface area (Å²) in [6.45, 7) is 5.22. The van der Waals surface area contributed by atoms with E-state index in [0.717, 1.165) is 28.9 Å². The van der Waals surface area contributed by atoms with E-state index in [1.165, 1.54) is 17.1 Å². The second kappa shape index (κ2) is 8.70. The molecule has 0 radical (unpaired) electrons. The van der Waals surface area contributed by atoms with Gasteiger partial charge in [-0.05, 0) is 37.1 Å². The average Bonchev–Trinajstić information content (AvgIpc) is 3.17. The lowest BCUT2D eigenvalue weighted by molar-refractivity contribution is 0.100. The van der Waals surface area contributed by atoms with Crippen LogP contribution in [0.25, 0.3) is 17.1 Å². The van der Waals surface area contributed by atoms with Gasteiger partial charge in [0.05, 0.1) is 30.3 Å². The van der Waals surface area contributed by atoms with Crippen LogP contribution in [-0.2, 0) is 4.74 Å². The van der Waals surface area contributed by atoms with Gasteiger partial charge in [0.15, 0.2) is 11.6 Å². The van der Waals surface area contributed by atoms with E-state index in [1.807, 2.05) is 26.0 Å². The van der Waals surface area contributed by atoms with Gasteiger partial charge in [-0.15, -0.1) is 0 Å². The fourth-order valence-electron chi connectivity index (χ4n) is 2.97. The highest BCUT2D eigenvalue weighted by molar-refractivity contribution is 5.92. The van der Waals surface area contributed by atoms with Crippen molar-refractivity contribution in [2.45, 2.75) is 20.3 Å². The van der Waals surface area contributed by atoms with E-state index in [2.05, 4.69) is 15.1 Å². The van der Waals surface area contributed by atoms with Gasteiger partial charge in [0.1, 0.15) is 5.75 Å². The molecule has 152 valence electrons. The number of amides is 1. The molecule has 0 aliphatic heterocycles. The summed E-state index contributed by atoms with van der Waals surface area (Å²) in [4.78, 5) is 20.1. The maximum Gasteiger partial charge on any atom is 0.251 e. The third kappa shape index (κ3) is 4.52. The number of hydrogen-bond acceptors (Lipinski definition) is 7. The van der Waals surface area contributed by atoms with Gasteiger partial charge in [-0.1, -0.05) is 0 Å². The predicted octanol–water partition coefficient (Wildman–Crippen LogP) is 2.04. The molecule has 2 heterocycles. The third-order valence-corrected chi connectivity index (χ3v) is 4.36. The van der Waals surface area contributed by atoms with Gasteiger partial charge in [0.25, 0.3) is 5.91 Å². The number of anilines is 1. The molecule has 1 aromatic carbocycles. The monoisotopic (exact) mass is 396 g/mol. The van der Waals surface area contributed by atoms with Gasteiger partial charge in [-0.2, -0.15) is 5.10 Å². The summed E-state index contributed by atoms with van der Waals surface area (Å²) >= 11 is 0. The molecule has 0 fully saturated rings. The SMILES string of the molecule is COCCCOc1c(C)cc(-c2cnc(N)c(-n3cc(C(N)=O)cn3)n2)cc1C. The number of primary amides is 1. The maximum absolute atomic E-state index is 11.3. The smallest absolute Gasteiger partial charge is 0.251 e. The van der Waals surface area contributed by atoms with Gasteiger partial charge in [0.2, 0.25) is 0 Å². The van der Waals surface area contributed by atoms with Crippen molar-refractivity contribution in [1.29, 1.82) is 0 Å². The quantitative estimate of drug-likeness (QED) is 0.557. The first-order chi connectivity index (χ1) is 13.9. The van der Waals surface area contributed by atoms with Crippen molar-refractivity contribution in [1.82, 2.24) is 19.7 Å². The first-order valence-electron chi connectivity index (χ1n) is 9.11. The molecule has 0 spiro atoms. The number of hydrogen-bond donors (Lipinski definition) is 2. The predicted molar refractivity (Wildman–Crippen MR) is 109 cm³/mol. The number of nitrogens with zero attached hydrogens (tertiary/aromatic N) is 4. The third-order valence-electron chi connectivity index (χ3n) is 4.36. The molecular weight excluding hydrogens is 372 g/mol. The normalized spacial score (nSPS) is 10.9. The number of methoxy groups -OCH3 is 1. The first-order valence-corrected chi connectivity index (χ1v) is 9.11. The lowest BCUT2D eigenvalue weighted by atomic mass is 10.0. The van der Waals surface area contributed by atoms with Crippen molar-refractivity contribution in [3.8, 4) is 22.8 Å². The minimum absolute atomic E-state index is 0.194. The molecular formula is C20H24N6O3. The second-order valence-corrected chi connectivity index (χ2v) is 6.64. The van der Waals surface area contributed by atoms with Crippen LogP contribution in [0, 0.1) is 13.8 Å². The summed E-state index contributed by atoms with van der Waals surface area (Å²) in [6.07, 6.45) is 5.26. The summed E-state index contributed by atoms with van der Waals surface area (Å²) in [5.41, 5.74) is 15.0. The van der Waals surface area contributed by atoms with E-state index in [4.69, 9.17) is 20.9 Å². The van der Waals surface area contributed by atoms with Crippen molar-refractivity contribution >= 4 is 11.7 Å². The number of nitrogen functional groups attached to an aromatic ring is 1. The van der Waals surface area contributed by atoms with Crippen molar-refractivity contribution in [2.24, 2.45) is 5.73 Å². The van der Waals surface area contributed by atoms with Crippen LogP contribution in [0.4, 0.5) is 5.82 Å². The number of aryl methyl sites for hydroxylation is 2. The first kappa shape index (κ1) is 20.3. The summed E-state index contributed by atoms with van der Waals surface area (Å²) in [6, 6.07) is 3.97. The van der Waals surface area contributed by atoms with E-state index in [9.17, 15) is 4.79 Å². The fraction of sp³-hybridized carbons (Fsp3) is 0.300. The molecule has 0 saturated carbocycles. The van der Waals surface area contributed by atoms with Crippen LogP contribution in [0.1, 0.15) is 27.9 Å². The van der Waals surface area contributed by atoms with Crippen molar-refractivity contribution in [3.05, 3.63) is 47.4 Å². The van der Waals surface area contributed by atoms with E-state index >= 15 is 0 Å². The molecule has 0 saturated heterocycles. The lowest BCUT2D eigenvalue weighted by Crippen LogP contribution is -2.10. The molecule has 3 aromatic rings. The van der Waals surface area contributed by atoms with E-state index in [1.54, 1.807) is 13.3 Å². The van der Waals surface area contributed by atoms with Crippen LogP contribution in [0.5, 0.6) is 5.75 Å². The number of benzene rings is 1. The highest BCUT2D eigenvalue weighted by atomic mass is 16.5. The number of aromatic nitrogens is 4. The van der Waals surface area contributed by atoms with E-state index in [0.29, 0.717) is 24.7 Å². The van der Waals surface area contributed by atoms with Crippen molar-refractivity contribution < 1.29 is 14.3 Å². The molecule has 3 rings (SSSR count). The number of carbonyl (C=O) groups is 1. The number of rotatable bonds is 8. The number of nitrogens with two attached hydrogens (primary N) is 2. The summed E-state index contributed by atoms with van der Waals surface area (Å²) < 4.78 is 12.3. The largest absolute Gasteiger partial charge is 0.493 e. The van der Waals surface area contributed by atoms with E-state index < -0.39 is 5.91 Å². The molecule has 2 aromatic heterocycles. The van der Waals surface area contributed by atoms with Gasteiger partial charge in [0, 0.05) is 31.9 Å². The molecule has 9 heteroatoms. The minimum atomic E-state index is -0.578. The highest BCUT2D eigenvalue weighted by Crippen LogP contribution is 2.30. The molecule has 1 amide bonds. The Bertz CT molecular complexity index is 1010. The van der Waals surface area contributed by atoms with Crippen LogP contribution >= 0.6 is 0 Å². The van der Waals surface area contributed by atoms with Crippen molar-refractivity contribution in [2.75, 3.05) is 26.1 Å². The summed E-state index contributed by atoms with van der Waals surface area (Å²) in [7, 11) is 1.67. The highest BCUT2D eigenvalue weighted by Gasteiger charge is 2.14. The second-order valence-electron chi connectivity index (χ2n) is 6.64. The number of carbonyl (C=O) groups excluding carboxylic acids is 1. The Labute approximate surface area is 168 Å². The Morgan fingerprint density at radius 2 is 1.90 bits per heavy atom. The zero-order chi connectivity index (χ0) is 21.0. The van der Waals surface area contributed by atoms with Crippen LogP contribution < -0.4 is 16.2 Å².